The summed E-state index contributed by atoms with van der Waals surface area (Å²) in [5.41, 5.74) is -0.682. The van der Waals surface area contributed by atoms with E-state index in [2.05, 4.69) is 21.7 Å². The Morgan fingerprint density at radius 2 is 1.88 bits per heavy atom. The molecule has 1 amide bonds. The van der Waals surface area contributed by atoms with E-state index in [1.54, 1.807) is 37.5 Å². The molecule has 208 valence electrons. The van der Waals surface area contributed by atoms with Crippen LogP contribution in [0.25, 0.3) is 0 Å². The van der Waals surface area contributed by atoms with Crippen molar-refractivity contribution < 1.29 is 13.6 Å². The lowest BCUT2D eigenvalue weighted by atomic mass is 9.62. The van der Waals surface area contributed by atoms with Gasteiger partial charge in [-0.25, -0.2) is 8.78 Å². The van der Waals surface area contributed by atoms with Crippen molar-refractivity contribution in [3.05, 3.63) is 99.0 Å². The first kappa shape index (κ1) is 29.7. The molecule has 0 spiro atoms. The van der Waals surface area contributed by atoms with E-state index in [1.165, 1.54) is 24.3 Å². The van der Waals surface area contributed by atoms with Crippen LogP contribution in [0.4, 0.5) is 14.5 Å². The third-order valence-corrected chi connectivity index (χ3v) is 7.69. The highest BCUT2D eigenvalue weighted by molar-refractivity contribution is 6.31. The van der Waals surface area contributed by atoms with Crippen LogP contribution in [0.2, 0.25) is 10.0 Å². The van der Waals surface area contributed by atoms with Crippen molar-refractivity contribution in [2.75, 3.05) is 12.4 Å². The van der Waals surface area contributed by atoms with Crippen LogP contribution in [0.3, 0.4) is 0 Å². The molecule has 4 rings (SSSR count). The zero-order chi connectivity index (χ0) is 29.2. The molecule has 0 aliphatic carbocycles. The van der Waals surface area contributed by atoms with Crippen LogP contribution in [-0.4, -0.2) is 31.3 Å². The van der Waals surface area contributed by atoms with Gasteiger partial charge in [0.15, 0.2) is 0 Å². The summed E-state index contributed by atoms with van der Waals surface area (Å²) in [5, 5.41) is 17.1. The lowest BCUT2D eigenvalue weighted by molar-refractivity contribution is -0.118. The van der Waals surface area contributed by atoms with Crippen LogP contribution in [0.1, 0.15) is 49.8 Å². The molecule has 1 aliphatic heterocycles. The molecule has 5 nitrogen and oxygen atoms in total. The predicted molar refractivity (Wildman–Crippen MR) is 156 cm³/mol. The van der Waals surface area contributed by atoms with Crippen molar-refractivity contribution in [3.8, 4) is 6.07 Å². The summed E-state index contributed by atoms with van der Waals surface area (Å²) in [6, 6.07) is 16.1. The van der Waals surface area contributed by atoms with Crippen LogP contribution in [0.15, 0.2) is 65.7 Å². The summed E-state index contributed by atoms with van der Waals surface area (Å²) in [6.07, 6.45) is 2.03. The second-order valence-electron chi connectivity index (χ2n) is 11.2. The Morgan fingerprint density at radius 1 is 1.15 bits per heavy atom. The van der Waals surface area contributed by atoms with Gasteiger partial charge in [0, 0.05) is 41.5 Å². The first-order valence-corrected chi connectivity index (χ1v) is 13.6. The Hall–Kier alpha value is -3.31. The van der Waals surface area contributed by atoms with E-state index in [0.717, 1.165) is 11.6 Å². The van der Waals surface area contributed by atoms with Gasteiger partial charge in [-0.2, -0.15) is 5.26 Å². The molecule has 1 heterocycles. The van der Waals surface area contributed by atoms with E-state index in [-0.39, 0.29) is 26.6 Å². The molecular weight excluding hydrogens is 553 g/mol. The summed E-state index contributed by atoms with van der Waals surface area (Å²) in [4.78, 5) is 18.0. The molecule has 1 aliphatic rings. The highest BCUT2D eigenvalue weighted by atomic mass is 35.5. The minimum atomic E-state index is -1.69. The van der Waals surface area contributed by atoms with Gasteiger partial charge in [-0.05, 0) is 53.3 Å². The minimum Gasteiger partial charge on any atom is -0.325 e. The van der Waals surface area contributed by atoms with Crippen LogP contribution >= 0.6 is 23.2 Å². The summed E-state index contributed by atoms with van der Waals surface area (Å²) < 4.78 is 31.5. The highest BCUT2D eigenvalue weighted by Gasteiger charge is 2.61. The van der Waals surface area contributed by atoms with Crippen molar-refractivity contribution in [2.24, 2.45) is 10.4 Å². The number of nitrogens with zero attached hydrogens (tertiary/aromatic N) is 2. The van der Waals surface area contributed by atoms with Crippen LogP contribution in [0.5, 0.6) is 0 Å². The first-order chi connectivity index (χ1) is 18.9. The molecule has 1 saturated heterocycles. The lowest BCUT2D eigenvalue weighted by Gasteiger charge is -2.37. The molecule has 9 heteroatoms. The number of rotatable bonds is 6. The number of nitriles is 1. The average molecular weight is 584 g/mol. The van der Waals surface area contributed by atoms with Gasteiger partial charge in [0.2, 0.25) is 5.91 Å². The minimum absolute atomic E-state index is 0.0296. The van der Waals surface area contributed by atoms with E-state index >= 15 is 8.78 Å². The molecule has 1 fully saturated rings. The average Bonchev–Trinajstić information content (AvgIpc) is 3.19. The predicted octanol–water partition coefficient (Wildman–Crippen LogP) is 7.28. The zero-order valence-electron chi connectivity index (χ0n) is 22.6. The van der Waals surface area contributed by atoms with Crippen LogP contribution in [-0.2, 0) is 10.2 Å². The fraction of sp³-hybridized carbons (Fsp3) is 0.323. The quantitative estimate of drug-likeness (QED) is 0.300. The Bertz CT molecular complexity index is 1500. The zero-order valence-corrected chi connectivity index (χ0v) is 24.1. The van der Waals surface area contributed by atoms with Crippen LogP contribution in [0, 0.1) is 28.4 Å². The van der Waals surface area contributed by atoms with E-state index in [1.807, 2.05) is 26.8 Å². The summed E-state index contributed by atoms with van der Waals surface area (Å²) >= 11 is 12.3. The smallest absolute Gasteiger partial charge is 0.242 e. The molecule has 0 radical (unpaired) electrons. The maximum absolute atomic E-state index is 15.7. The molecule has 40 heavy (non-hydrogen) atoms. The van der Waals surface area contributed by atoms with Gasteiger partial charge in [-0.15, -0.1) is 0 Å². The van der Waals surface area contributed by atoms with Crippen molar-refractivity contribution >= 4 is 41.0 Å². The Labute approximate surface area is 243 Å². The number of benzene rings is 3. The number of halogens is 4. The number of anilines is 1. The van der Waals surface area contributed by atoms with Gasteiger partial charge in [-0.3, -0.25) is 9.79 Å². The Morgan fingerprint density at radius 3 is 2.52 bits per heavy atom. The van der Waals surface area contributed by atoms with E-state index < -0.39 is 41.0 Å². The molecular formula is C31H30Cl2F2N4O. The SMILES string of the molecule is CN=Cc1cccc(NC(=O)[C@@H]2N[C@@H](CC(C)(C)C)[C@](C#N)(c3ccc(Cl)cc3F)[C@H]2c2cccc(Cl)c2F)c1. The molecule has 2 N–H and O–H groups in total. The Balaban J connectivity index is 1.94. The number of amides is 1. The third kappa shape index (κ3) is 5.76. The Kier molecular flexibility index (Phi) is 8.65. The maximum atomic E-state index is 15.7. The van der Waals surface area contributed by atoms with Crippen molar-refractivity contribution in [2.45, 2.75) is 50.6 Å². The summed E-state index contributed by atoms with van der Waals surface area (Å²) in [6.45, 7) is 5.95. The highest BCUT2D eigenvalue weighted by Crippen LogP contribution is 2.52. The standard InChI is InChI=1S/C31H30Cl2F2N4O/c1-30(2,3)15-25-31(17-36,22-12-11-19(32)14-24(22)34)26(21-9-6-10-23(33)27(21)35)28(39-25)29(40)38-20-8-5-7-18(13-20)16-37-4/h5-14,16,25-26,28,39H,15H2,1-4H3,(H,38,40)/t25-,26-,28+,31-/m0/s1. The van der Waals surface area contributed by atoms with E-state index in [9.17, 15) is 10.1 Å². The topological polar surface area (TPSA) is 77.3 Å². The molecule has 0 unspecified atom stereocenters. The number of carbonyl (C=O) groups is 1. The number of hydrogen-bond acceptors (Lipinski definition) is 4. The molecule has 0 aromatic heterocycles. The summed E-state index contributed by atoms with van der Waals surface area (Å²) in [7, 11) is 1.64. The van der Waals surface area contributed by atoms with Gasteiger partial charge in [0.05, 0.1) is 17.1 Å². The van der Waals surface area contributed by atoms with Gasteiger partial charge in [0.1, 0.15) is 17.0 Å². The van der Waals surface area contributed by atoms with E-state index in [4.69, 9.17) is 23.2 Å². The third-order valence-electron chi connectivity index (χ3n) is 7.16. The number of nitrogens with one attached hydrogen (secondary N) is 2. The second-order valence-corrected chi connectivity index (χ2v) is 12.0. The van der Waals surface area contributed by atoms with Gasteiger partial charge in [-0.1, -0.05) is 74.3 Å². The van der Waals surface area contributed by atoms with Crippen LogP contribution < -0.4 is 10.6 Å². The molecule has 0 saturated carbocycles. The van der Waals surface area contributed by atoms with Gasteiger partial charge < -0.3 is 10.6 Å². The number of aliphatic imine (C=N–C) groups is 1. The second kappa shape index (κ2) is 11.7. The van der Waals surface area contributed by atoms with Crippen molar-refractivity contribution in [1.82, 2.24) is 5.32 Å². The van der Waals surface area contributed by atoms with E-state index in [0.29, 0.717) is 12.1 Å². The fourth-order valence-corrected chi connectivity index (χ4v) is 5.96. The van der Waals surface area contributed by atoms with Crippen molar-refractivity contribution in [1.29, 1.82) is 5.26 Å². The monoisotopic (exact) mass is 582 g/mol. The maximum Gasteiger partial charge on any atom is 0.242 e. The number of hydrogen-bond donors (Lipinski definition) is 2. The lowest BCUT2D eigenvalue weighted by Crippen LogP contribution is -2.45. The summed E-state index contributed by atoms with van der Waals surface area (Å²) in [5.74, 6) is -3.12. The normalized spacial score (nSPS) is 22.8. The fourth-order valence-electron chi connectivity index (χ4n) is 5.62. The molecule has 3 aromatic rings. The van der Waals surface area contributed by atoms with Crippen molar-refractivity contribution in [3.63, 3.8) is 0 Å². The largest absolute Gasteiger partial charge is 0.325 e. The first-order valence-electron chi connectivity index (χ1n) is 12.8. The molecule has 0 bridgehead atoms. The van der Waals surface area contributed by atoms with Gasteiger partial charge in [0.25, 0.3) is 0 Å². The molecule has 3 aromatic carbocycles. The van der Waals surface area contributed by atoms with Gasteiger partial charge >= 0.3 is 0 Å². The molecule has 4 atom stereocenters. The number of carbonyl (C=O) groups excluding carboxylic acids is 1.